The maximum atomic E-state index is 11.3. The maximum absolute atomic E-state index is 11.3. The molecule has 0 heterocycles. The van der Waals surface area contributed by atoms with E-state index in [9.17, 15) is 4.79 Å². The second-order valence-electron chi connectivity index (χ2n) is 4.17. The highest BCUT2D eigenvalue weighted by molar-refractivity contribution is 5.66. The van der Waals surface area contributed by atoms with Gasteiger partial charge in [0.05, 0.1) is 12.3 Å². The van der Waals surface area contributed by atoms with Gasteiger partial charge in [0.25, 0.3) is 0 Å². The second-order valence-corrected chi connectivity index (χ2v) is 4.17. The fourth-order valence-electron chi connectivity index (χ4n) is 1.08. The SMILES string of the molecule is CC(C)NC(C)N(C)NC(=O)OC(C)C. The number of carbonyl (C=O) groups is 1. The lowest BCUT2D eigenvalue weighted by Gasteiger charge is -2.27. The number of hydrogen-bond donors (Lipinski definition) is 2. The number of ether oxygens (including phenoxy) is 1. The summed E-state index contributed by atoms with van der Waals surface area (Å²) in [5.74, 6) is 0. The summed E-state index contributed by atoms with van der Waals surface area (Å²) in [7, 11) is 1.79. The minimum atomic E-state index is -0.426. The van der Waals surface area contributed by atoms with Crippen LogP contribution in [0.15, 0.2) is 0 Å². The van der Waals surface area contributed by atoms with Crippen LogP contribution in [-0.2, 0) is 4.74 Å². The Morgan fingerprint density at radius 2 is 1.73 bits per heavy atom. The molecule has 0 aliphatic carbocycles. The van der Waals surface area contributed by atoms with E-state index in [0.717, 1.165) is 0 Å². The Balaban J connectivity index is 3.90. The van der Waals surface area contributed by atoms with Crippen molar-refractivity contribution in [3.05, 3.63) is 0 Å². The van der Waals surface area contributed by atoms with Gasteiger partial charge in [0.1, 0.15) is 0 Å². The minimum absolute atomic E-state index is 0.0599. The van der Waals surface area contributed by atoms with Crippen molar-refractivity contribution < 1.29 is 9.53 Å². The fraction of sp³-hybridized carbons (Fsp3) is 0.900. The zero-order valence-corrected chi connectivity index (χ0v) is 10.5. The zero-order valence-electron chi connectivity index (χ0n) is 10.5. The van der Waals surface area contributed by atoms with Crippen molar-refractivity contribution >= 4 is 6.09 Å². The second kappa shape index (κ2) is 6.63. The van der Waals surface area contributed by atoms with Gasteiger partial charge in [0.2, 0.25) is 0 Å². The molecule has 0 radical (unpaired) electrons. The van der Waals surface area contributed by atoms with Gasteiger partial charge in [0, 0.05) is 13.1 Å². The van der Waals surface area contributed by atoms with Crippen molar-refractivity contribution in [1.29, 1.82) is 0 Å². The zero-order chi connectivity index (χ0) is 12.0. The van der Waals surface area contributed by atoms with E-state index >= 15 is 0 Å². The summed E-state index contributed by atoms with van der Waals surface area (Å²) >= 11 is 0. The van der Waals surface area contributed by atoms with Crippen LogP contribution in [0.3, 0.4) is 0 Å². The molecule has 0 aromatic heterocycles. The molecular weight excluding hydrogens is 194 g/mol. The number of hydrogen-bond acceptors (Lipinski definition) is 4. The third-order valence-corrected chi connectivity index (χ3v) is 1.77. The van der Waals surface area contributed by atoms with Crippen LogP contribution in [0.5, 0.6) is 0 Å². The van der Waals surface area contributed by atoms with E-state index in [0.29, 0.717) is 6.04 Å². The van der Waals surface area contributed by atoms with Crippen LogP contribution in [-0.4, -0.2) is 36.5 Å². The van der Waals surface area contributed by atoms with Crippen LogP contribution in [0.2, 0.25) is 0 Å². The summed E-state index contributed by atoms with van der Waals surface area (Å²) in [6, 6.07) is 0.366. The van der Waals surface area contributed by atoms with Crippen molar-refractivity contribution in [2.24, 2.45) is 0 Å². The van der Waals surface area contributed by atoms with Gasteiger partial charge >= 0.3 is 6.09 Å². The van der Waals surface area contributed by atoms with E-state index in [1.54, 1.807) is 12.1 Å². The predicted molar refractivity (Wildman–Crippen MR) is 60.2 cm³/mol. The van der Waals surface area contributed by atoms with E-state index in [-0.39, 0.29) is 12.3 Å². The van der Waals surface area contributed by atoms with Gasteiger partial charge in [0.15, 0.2) is 0 Å². The molecule has 0 aliphatic rings. The minimum Gasteiger partial charge on any atom is -0.446 e. The smallest absolute Gasteiger partial charge is 0.422 e. The van der Waals surface area contributed by atoms with Crippen LogP contribution in [0.1, 0.15) is 34.6 Å². The number of nitrogens with one attached hydrogen (secondary N) is 2. The molecule has 1 atom stereocenters. The van der Waals surface area contributed by atoms with Crippen LogP contribution in [0.4, 0.5) is 4.79 Å². The molecule has 0 saturated carbocycles. The average Bonchev–Trinajstić information content (AvgIpc) is 2.00. The first-order valence-electron chi connectivity index (χ1n) is 5.29. The van der Waals surface area contributed by atoms with E-state index in [1.165, 1.54) is 0 Å². The predicted octanol–water partition coefficient (Wildman–Crippen LogP) is 1.31. The summed E-state index contributed by atoms with van der Waals surface area (Å²) in [6.07, 6.45) is -0.471. The third kappa shape index (κ3) is 7.16. The molecule has 1 unspecified atom stereocenters. The Labute approximate surface area is 92.1 Å². The lowest BCUT2D eigenvalue weighted by Crippen LogP contribution is -2.52. The Kier molecular flexibility index (Phi) is 6.27. The first kappa shape index (κ1) is 14.2. The molecule has 0 aromatic rings. The molecule has 0 saturated heterocycles. The molecule has 0 aromatic carbocycles. The molecule has 90 valence electrons. The van der Waals surface area contributed by atoms with Gasteiger partial charge < -0.3 is 4.74 Å². The van der Waals surface area contributed by atoms with Gasteiger partial charge in [-0.3, -0.25) is 10.7 Å². The number of carbonyl (C=O) groups excluding carboxylic acids is 1. The van der Waals surface area contributed by atoms with Crippen molar-refractivity contribution in [2.45, 2.75) is 52.9 Å². The lowest BCUT2D eigenvalue weighted by atomic mass is 10.4. The van der Waals surface area contributed by atoms with E-state index in [2.05, 4.69) is 24.6 Å². The molecule has 0 spiro atoms. The molecule has 1 amide bonds. The fourth-order valence-corrected chi connectivity index (χ4v) is 1.08. The molecule has 0 fully saturated rings. The van der Waals surface area contributed by atoms with Gasteiger partial charge in [-0.1, -0.05) is 0 Å². The Morgan fingerprint density at radius 3 is 2.13 bits per heavy atom. The Morgan fingerprint density at radius 1 is 1.20 bits per heavy atom. The lowest BCUT2D eigenvalue weighted by molar-refractivity contribution is 0.0721. The summed E-state index contributed by atoms with van der Waals surface area (Å²) in [5, 5.41) is 4.94. The number of rotatable bonds is 5. The quantitative estimate of drug-likeness (QED) is 0.538. The highest BCUT2D eigenvalue weighted by Gasteiger charge is 2.13. The maximum Gasteiger partial charge on any atom is 0.422 e. The normalized spacial score (nSPS) is 13.4. The van der Waals surface area contributed by atoms with Gasteiger partial charge in [-0.2, -0.15) is 0 Å². The van der Waals surface area contributed by atoms with Crippen LogP contribution in [0, 0.1) is 0 Å². The molecule has 15 heavy (non-hydrogen) atoms. The summed E-state index contributed by atoms with van der Waals surface area (Å²) in [4.78, 5) is 11.3. The van der Waals surface area contributed by atoms with Crippen molar-refractivity contribution in [3.63, 3.8) is 0 Å². The highest BCUT2D eigenvalue weighted by Crippen LogP contribution is 1.93. The van der Waals surface area contributed by atoms with Crippen molar-refractivity contribution in [1.82, 2.24) is 15.8 Å². The average molecular weight is 217 g/mol. The summed E-state index contributed by atoms with van der Waals surface area (Å²) in [5.41, 5.74) is 2.63. The molecule has 5 nitrogen and oxygen atoms in total. The number of hydrazine groups is 1. The first-order valence-corrected chi connectivity index (χ1v) is 5.29. The highest BCUT2D eigenvalue weighted by atomic mass is 16.6. The van der Waals surface area contributed by atoms with Crippen LogP contribution >= 0.6 is 0 Å². The Bertz CT molecular complexity index is 195. The van der Waals surface area contributed by atoms with Crippen molar-refractivity contribution in [2.75, 3.05) is 7.05 Å². The standard InChI is InChI=1S/C10H23N3O2/c1-7(2)11-9(5)13(6)12-10(14)15-8(3)4/h7-9,11H,1-6H3,(H,12,14). The molecule has 5 heteroatoms. The molecule has 0 bridgehead atoms. The molecular formula is C10H23N3O2. The van der Waals surface area contributed by atoms with Crippen LogP contribution in [0.25, 0.3) is 0 Å². The van der Waals surface area contributed by atoms with Gasteiger partial charge in [-0.25, -0.2) is 9.80 Å². The molecule has 0 aliphatic heterocycles. The van der Waals surface area contributed by atoms with Crippen LogP contribution < -0.4 is 10.7 Å². The number of amides is 1. The number of nitrogens with zero attached hydrogens (tertiary/aromatic N) is 1. The summed E-state index contributed by atoms with van der Waals surface area (Å²) in [6.45, 7) is 9.70. The monoisotopic (exact) mass is 217 g/mol. The molecule has 0 rings (SSSR count). The summed E-state index contributed by atoms with van der Waals surface area (Å²) < 4.78 is 4.96. The third-order valence-electron chi connectivity index (χ3n) is 1.77. The topological polar surface area (TPSA) is 53.6 Å². The van der Waals surface area contributed by atoms with E-state index < -0.39 is 6.09 Å². The van der Waals surface area contributed by atoms with Gasteiger partial charge in [-0.15, -0.1) is 0 Å². The van der Waals surface area contributed by atoms with Crippen molar-refractivity contribution in [3.8, 4) is 0 Å². The largest absolute Gasteiger partial charge is 0.446 e. The van der Waals surface area contributed by atoms with E-state index in [4.69, 9.17) is 4.74 Å². The van der Waals surface area contributed by atoms with Gasteiger partial charge in [-0.05, 0) is 34.6 Å². The van der Waals surface area contributed by atoms with E-state index in [1.807, 2.05) is 20.8 Å². The first-order chi connectivity index (χ1) is 6.82. The Hall–Kier alpha value is -0.810. The molecule has 2 N–H and O–H groups in total.